The molecule has 6 nitrogen and oxygen atoms in total. The van der Waals surface area contributed by atoms with E-state index in [0.717, 1.165) is 71.5 Å². The summed E-state index contributed by atoms with van der Waals surface area (Å²) in [5.41, 5.74) is 0. The Hall–Kier alpha value is -0.120. The number of halogens is 1. The number of hydrogen-bond donors (Lipinski definition) is 2. The van der Waals surface area contributed by atoms with Crippen molar-refractivity contribution in [1.29, 1.82) is 0 Å². The van der Waals surface area contributed by atoms with Crippen LogP contribution in [0.15, 0.2) is 4.99 Å². The molecule has 0 amide bonds. The first-order chi connectivity index (χ1) is 10.3. The van der Waals surface area contributed by atoms with E-state index in [9.17, 15) is 0 Å². The molecule has 0 aromatic carbocycles. The minimum Gasteiger partial charge on any atom is -0.382 e. The first-order valence-corrected chi connectivity index (χ1v) is 8.08. The first-order valence-electron chi connectivity index (χ1n) is 8.08. The molecule has 1 fully saturated rings. The van der Waals surface area contributed by atoms with Crippen LogP contribution in [0, 0.1) is 5.92 Å². The van der Waals surface area contributed by atoms with Crippen molar-refractivity contribution in [2.75, 3.05) is 66.2 Å². The molecule has 7 heteroatoms. The molecule has 22 heavy (non-hydrogen) atoms. The van der Waals surface area contributed by atoms with Crippen LogP contribution < -0.4 is 10.6 Å². The third kappa shape index (κ3) is 10.6. The van der Waals surface area contributed by atoms with E-state index in [0.29, 0.717) is 5.92 Å². The molecule has 1 heterocycles. The first kappa shape index (κ1) is 21.9. The van der Waals surface area contributed by atoms with E-state index in [1.807, 2.05) is 14.0 Å². The van der Waals surface area contributed by atoms with Gasteiger partial charge in [0.25, 0.3) is 0 Å². The standard InChI is InChI=1S/C15H32N4O2.HI/c1-4-20-9-5-6-17-15(16-3)18-12-14(2)13-19-7-10-21-11-8-19;/h14H,4-13H2,1-3H3,(H2,16,17,18);1H. The van der Waals surface area contributed by atoms with Gasteiger partial charge in [-0.15, -0.1) is 24.0 Å². The third-order valence-corrected chi connectivity index (χ3v) is 3.48. The molecule has 1 aliphatic rings. The fourth-order valence-corrected chi connectivity index (χ4v) is 2.31. The SMILES string of the molecule is CCOCCCNC(=NC)NCC(C)CN1CCOCC1.I. The van der Waals surface area contributed by atoms with Crippen molar-refractivity contribution >= 4 is 29.9 Å². The number of guanidine groups is 1. The highest BCUT2D eigenvalue weighted by atomic mass is 127. The number of rotatable bonds is 9. The van der Waals surface area contributed by atoms with E-state index in [4.69, 9.17) is 9.47 Å². The maximum absolute atomic E-state index is 5.37. The van der Waals surface area contributed by atoms with E-state index < -0.39 is 0 Å². The van der Waals surface area contributed by atoms with Gasteiger partial charge in [0.15, 0.2) is 5.96 Å². The molecule has 1 aliphatic heterocycles. The van der Waals surface area contributed by atoms with E-state index >= 15 is 0 Å². The molecule has 1 rings (SSSR count). The minimum absolute atomic E-state index is 0. The maximum atomic E-state index is 5.37. The molecule has 0 aromatic rings. The number of aliphatic imine (C=N–C) groups is 1. The summed E-state index contributed by atoms with van der Waals surface area (Å²) in [5.74, 6) is 1.46. The second-order valence-electron chi connectivity index (χ2n) is 5.45. The lowest BCUT2D eigenvalue weighted by atomic mass is 10.1. The highest BCUT2D eigenvalue weighted by Crippen LogP contribution is 2.02. The van der Waals surface area contributed by atoms with Crippen molar-refractivity contribution in [3.8, 4) is 0 Å². The van der Waals surface area contributed by atoms with Crippen LogP contribution in [0.2, 0.25) is 0 Å². The van der Waals surface area contributed by atoms with E-state index in [1.165, 1.54) is 0 Å². The Morgan fingerprint density at radius 3 is 2.68 bits per heavy atom. The lowest BCUT2D eigenvalue weighted by Crippen LogP contribution is -2.44. The monoisotopic (exact) mass is 428 g/mol. The molecule has 0 bridgehead atoms. The number of ether oxygens (including phenoxy) is 2. The summed E-state index contributed by atoms with van der Waals surface area (Å²) in [7, 11) is 1.81. The number of morpholine rings is 1. The average Bonchev–Trinajstić information content (AvgIpc) is 2.51. The second kappa shape index (κ2) is 14.5. The number of hydrogen-bond acceptors (Lipinski definition) is 4. The van der Waals surface area contributed by atoms with Crippen LogP contribution >= 0.6 is 24.0 Å². The van der Waals surface area contributed by atoms with Crippen molar-refractivity contribution in [3.63, 3.8) is 0 Å². The topological polar surface area (TPSA) is 58.1 Å². The van der Waals surface area contributed by atoms with Crippen LogP contribution in [0.5, 0.6) is 0 Å². The summed E-state index contributed by atoms with van der Waals surface area (Å²) in [6, 6.07) is 0. The quantitative estimate of drug-likeness (QED) is 0.250. The largest absolute Gasteiger partial charge is 0.382 e. The predicted octanol–water partition coefficient (Wildman–Crippen LogP) is 1.16. The second-order valence-corrected chi connectivity index (χ2v) is 5.45. The van der Waals surface area contributed by atoms with Gasteiger partial charge in [-0.3, -0.25) is 9.89 Å². The zero-order chi connectivity index (χ0) is 15.3. The normalized spacial score (nSPS) is 17.7. The number of nitrogens with zero attached hydrogens (tertiary/aromatic N) is 2. The van der Waals surface area contributed by atoms with Gasteiger partial charge in [0.05, 0.1) is 13.2 Å². The Bertz CT molecular complexity index is 287. The zero-order valence-corrected chi connectivity index (χ0v) is 16.6. The van der Waals surface area contributed by atoms with Gasteiger partial charge in [-0.1, -0.05) is 6.92 Å². The summed E-state index contributed by atoms with van der Waals surface area (Å²) in [6.07, 6.45) is 0.998. The van der Waals surface area contributed by atoms with Crippen LogP contribution in [0.3, 0.4) is 0 Å². The van der Waals surface area contributed by atoms with E-state index in [1.54, 1.807) is 0 Å². The Kier molecular flexibility index (Phi) is 14.4. The number of nitrogens with one attached hydrogen (secondary N) is 2. The fraction of sp³-hybridized carbons (Fsp3) is 0.933. The average molecular weight is 428 g/mol. The van der Waals surface area contributed by atoms with Crippen LogP contribution in [0.4, 0.5) is 0 Å². The molecule has 1 atom stereocenters. The summed E-state index contributed by atoms with van der Waals surface area (Å²) in [6.45, 7) is 12.6. The third-order valence-electron chi connectivity index (χ3n) is 3.48. The molecule has 0 aromatic heterocycles. The minimum atomic E-state index is 0. The van der Waals surface area contributed by atoms with Gasteiger partial charge in [0.1, 0.15) is 0 Å². The predicted molar refractivity (Wildman–Crippen MR) is 102 cm³/mol. The van der Waals surface area contributed by atoms with Gasteiger partial charge in [0, 0.05) is 53.0 Å². The van der Waals surface area contributed by atoms with Crippen LogP contribution in [-0.2, 0) is 9.47 Å². The lowest BCUT2D eigenvalue weighted by molar-refractivity contribution is 0.0320. The van der Waals surface area contributed by atoms with Crippen molar-refractivity contribution in [1.82, 2.24) is 15.5 Å². The van der Waals surface area contributed by atoms with Gasteiger partial charge >= 0.3 is 0 Å². The summed E-state index contributed by atoms with van der Waals surface area (Å²) in [4.78, 5) is 6.71. The molecule has 0 aliphatic carbocycles. The van der Waals surface area contributed by atoms with Crippen molar-refractivity contribution in [2.24, 2.45) is 10.9 Å². The Labute approximate surface area is 152 Å². The van der Waals surface area contributed by atoms with Gasteiger partial charge in [0.2, 0.25) is 0 Å². The Morgan fingerprint density at radius 1 is 1.32 bits per heavy atom. The summed E-state index contributed by atoms with van der Waals surface area (Å²) in [5, 5.41) is 6.70. The van der Waals surface area contributed by atoms with Gasteiger partial charge in [-0.05, 0) is 19.3 Å². The van der Waals surface area contributed by atoms with Gasteiger partial charge in [-0.2, -0.15) is 0 Å². The highest BCUT2D eigenvalue weighted by Gasteiger charge is 2.13. The fourth-order valence-electron chi connectivity index (χ4n) is 2.31. The molecular formula is C15H33IN4O2. The van der Waals surface area contributed by atoms with Crippen LogP contribution in [-0.4, -0.2) is 77.1 Å². The van der Waals surface area contributed by atoms with E-state index in [-0.39, 0.29) is 24.0 Å². The van der Waals surface area contributed by atoms with Crippen molar-refractivity contribution in [3.05, 3.63) is 0 Å². The molecule has 132 valence electrons. The summed E-state index contributed by atoms with van der Waals surface area (Å²) >= 11 is 0. The molecular weight excluding hydrogens is 395 g/mol. The van der Waals surface area contributed by atoms with Crippen molar-refractivity contribution < 1.29 is 9.47 Å². The van der Waals surface area contributed by atoms with Crippen LogP contribution in [0.25, 0.3) is 0 Å². The van der Waals surface area contributed by atoms with Gasteiger partial charge < -0.3 is 20.1 Å². The smallest absolute Gasteiger partial charge is 0.190 e. The molecule has 1 saturated heterocycles. The summed E-state index contributed by atoms with van der Waals surface area (Å²) < 4.78 is 10.7. The molecule has 1 unspecified atom stereocenters. The van der Waals surface area contributed by atoms with E-state index in [2.05, 4.69) is 27.4 Å². The van der Waals surface area contributed by atoms with Crippen molar-refractivity contribution in [2.45, 2.75) is 20.3 Å². The molecule has 0 saturated carbocycles. The molecule has 2 N–H and O–H groups in total. The van der Waals surface area contributed by atoms with Gasteiger partial charge in [-0.25, -0.2) is 0 Å². The Balaban J connectivity index is 0.00000441. The molecule has 0 spiro atoms. The lowest BCUT2D eigenvalue weighted by Gasteiger charge is -2.29. The molecule has 0 radical (unpaired) electrons. The zero-order valence-electron chi connectivity index (χ0n) is 14.3. The van der Waals surface area contributed by atoms with Crippen LogP contribution in [0.1, 0.15) is 20.3 Å². The maximum Gasteiger partial charge on any atom is 0.190 e. The highest BCUT2D eigenvalue weighted by molar-refractivity contribution is 14.0. The Morgan fingerprint density at radius 2 is 2.05 bits per heavy atom.